The van der Waals surface area contributed by atoms with E-state index in [2.05, 4.69) is 21.3 Å². The van der Waals surface area contributed by atoms with E-state index in [-0.39, 0.29) is 41.2 Å². The maximum absolute atomic E-state index is 14.6. The minimum atomic E-state index is -0.834. The first-order valence-electron chi connectivity index (χ1n) is 10.4. The van der Waals surface area contributed by atoms with Gasteiger partial charge in [-0.25, -0.2) is 4.39 Å². The van der Waals surface area contributed by atoms with Crippen molar-refractivity contribution in [2.75, 3.05) is 63.1 Å². The van der Waals surface area contributed by atoms with Gasteiger partial charge in [0, 0.05) is 50.6 Å². The lowest BCUT2D eigenvalue weighted by Crippen LogP contribution is -2.29. The first-order chi connectivity index (χ1) is 15.5. The number of rotatable bonds is 12. The molecular formula is C22H27FN4O5. The van der Waals surface area contributed by atoms with Gasteiger partial charge in [-0.3, -0.25) is 9.59 Å². The Labute approximate surface area is 184 Å². The highest BCUT2D eigenvalue weighted by Gasteiger charge is 2.37. The number of halogens is 1. The zero-order valence-corrected chi connectivity index (χ0v) is 17.5. The first-order valence-corrected chi connectivity index (χ1v) is 10.4. The Bertz CT molecular complexity index is 923. The molecule has 0 aliphatic heterocycles. The third kappa shape index (κ3) is 4.89. The van der Waals surface area contributed by atoms with E-state index in [0.717, 1.165) is 6.07 Å². The average Bonchev–Trinajstić information content (AvgIpc) is 2.78. The highest BCUT2D eigenvalue weighted by molar-refractivity contribution is 6.32. The number of carbonyl (C=O) groups excluding carboxylic acids is 2. The van der Waals surface area contributed by atoms with Crippen LogP contribution in [0.3, 0.4) is 0 Å². The van der Waals surface area contributed by atoms with Gasteiger partial charge in [0.1, 0.15) is 11.6 Å². The third-order valence-electron chi connectivity index (χ3n) is 5.06. The summed E-state index contributed by atoms with van der Waals surface area (Å²) in [5.74, 6) is -2.55. The van der Waals surface area contributed by atoms with Gasteiger partial charge in [-0.2, -0.15) is 0 Å². The molecule has 0 spiro atoms. The van der Waals surface area contributed by atoms with Crippen LogP contribution in [0.4, 0.5) is 15.8 Å². The van der Waals surface area contributed by atoms with Crippen LogP contribution in [0, 0.1) is 5.82 Å². The Morgan fingerprint density at radius 1 is 0.656 bits per heavy atom. The highest BCUT2D eigenvalue weighted by Crippen LogP contribution is 2.40. The fraction of sp³-hybridized carbons (Fsp3) is 0.364. The van der Waals surface area contributed by atoms with Crippen LogP contribution in [0.5, 0.6) is 5.75 Å². The summed E-state index contributed by atoms with van der Waals surface area (Å²) < 4.78 is 14.6. The molecule has 9 nitrogen and oxygen atoms in total. The van der Waals surface area contributed by atoms with E-state index < -0.39 is 17.4 Å². The van der Waals surface area contributed by atoms with E-state index >= 15 is 0 Å². The molecule has 0 aromatic heterocycles. The van der Waals surface area contributed by atoms with Gasteiger partial charge in [0.2, 0.25) is 5.78 Å². The highest BCUT2D eigenvalue weighted by atomic mass is 19.1. The fourth-order valence-corrected chi connectivity index (χ4v) is 3.62. The maximum atomic E-state index is 14.6. The molecule has 0 fully saturated rings. The van der Waals surface area contributed by atoms with Crippen LogP contribution in [0.1, 0.15) is 31.8 Å². The Morgan fingerprint density at radius 2 is 1.16 bits per heavy atom. The molecule has 2 aromatic carbocycles. The van der Waals surface area contributed by atoms with Gasteiger partial charge in [-0.15, -0.1) is 0 Å². The zero-order valence-electron chi connectivity index (χ0n) is 17.5. The van der Waals surface area contributed by atoms with Crippen molar-refractivity contribution in [1.82, 2.24) is 10.6 Å². The molecule has 1 aliphatic rings. The Morgan fingerprint density at radius 3 is 1.72 bits per heavy atom. The zero-order chi connectivity index (χ0) is 23.1. The van der Waals surface area contributed by atoms with Crippen molar-refractivity contribution >= 4 is 22.9 Å². The molecule has 32 heavy (non-hydrogen) atoms. The minimum Gasteiger partial charge on any atom is -0.507 e. The number of benzene rings is 2. The Kier molecular flexibility index (Phi) is 8.12. The predicted molar refractivity (Wildman–Crippen MR) is 118 cm³/mol. The van der Waals surface area contributed by atoms with Crippen LogP contribution in [-0.4, -0.2) is 79.4 Å². The van der Waals surface area contributed by atoms with Crippen LogP contribution in [-0.2, 0) is 0 Å². The Balaban J connectivity index is 1.93. The number of anilines is 2. The van der Waals surface area contributed by atoms with E-state index in [9.17, 15) is 19.1 Å². The maximum Gasteiger partial charge on any atom is 0.201 e. The van der Waals surface area contributed by atoms with Crippen molar-refractivity contribution in [1.29, 1.82) is 0 Å². The lowest BCUT2D eigenvalue weighted by atomic mass is 9.81. The smallest absolute Gasteiger partial charge is 0.201 e. The number of phenols is 1. The second kappa shape index (κ2) is 11.0. The number of phenolic OH excluding ortho intramolecular Hbond substituents is 1. The molecule has 10 heteroatoms. The molecule has 0 amide bonds. The largest absolute Gasteiger partial charge is 0.507 e. The molecule has 0 radical (unpaired) electrons. The van der Waals surface area contributed by atoms with Gasteiger partial charge in [0.15, 0.2) is 5.78 Å². The Hall–Kier alpha value is -3.05. The van der Waals surface area contributed by atoms with Crippen LogP contribution >= 0.6 is 0 Å². The van der Waals surface area contributed by atoms with Crippen LogP contribution in [0.2, 0.25) is 0 Å². The van der Waals surface area contributed by atoms with Crippen LogP contribution in [0.15, 0.2) is 24.3 Å². The number of aliphatic hydroxyl groups excluding tert-OH is 2. The summed E-state index contributed by atoms with van der Waals surface area (Å²) in [7, 11) is 0. The van der Waals surface area contributed by atoms with Gasteiger partial charge >= 0.3 is 0 Å². The number of fused-ring (bicyclic) bond motifs is 2. The molecule has 2 aromatic rings. The number of aromatic hydroxyl groups is 1. The summed E-state index contributed by atoms with van der Waals surface area (Å²) in [6.45, 7) is 2.58. The standard InChI is InChI=1S/C22H27FN4O5/c23-13-1-2-14(26-7-5-24-9-11-28)18-17(13)21(31)20-16(30)4-3-15(19(20)22(18)32)27-8-6-25-10-12-29/h1-4,24-30H,5-12H2. The molecule has 3 rings (SSSR count). The molecule has 7 N–H and O–H groups in total. The van der Waals surface area contributed by atoms with Crippen molar-refractivity contribution in [2.24, 2.45) is 0 Å². The summed E-state index contributed by atoms with van der Waals surface area (Å²) in [5, 5.41) is 40.1. The molecule has 0 saturated heterocycles. The van der Waals surface area contributed by atoms with Gasteiger partial charge in [0.25, 0.3) is 0 Å². The molecular weight excluding hydrogens is 419 g/mol. The van der Waals surface area contributed by atoms with E-state index in [1.165, 1.54) is 18.2 Å². The van der Waals surface area contributed by atoms with Crippen LogP contribution < -0.4 is 21.3 Å². The number of hydrogen-bond acceptors (Lipinski definition) is 9. The topological polar surface area (TPSA) is 143 Å². The minimum absolute atomic E-state index is 0.00304. The van der Waals surface area contributed by atoms with Crippen molar-refractivity contribution in [3.63, 3.8) is 0 Å². The normalized spacial score (nSPS) is 12.5. The van der Waals surface area contributed by atoms with E-state index in [0.29, 0.717) is 50.6 Å². The summed E-state index contributed by atoms with van der Waals surface area (Å²) in [6.07, 6.45) is 0. The van der Waals surface area contributed by atoms with Gasteiger partial charge in [-0.1, -0.05) is 0 Å². The van der Waals surface area contributed by atoms with Gasteiger partial charge < -0.3 is 36.6 Å². The van der Waals surface area contributed by atoms with E-state index in [1.54, 1.807) is 0 Å². The summed E-state index contributed by atoms with van der Waals surface area (Å²) >= 11 is 0. The van der Waals surface area contributed by atoms with Gasteiger partial charge in [0.05, 0.1) is 35.5 Å². The molecule has 1 aliphatic carbocycles. The molecule has 0 unspecified atom stereocenters. The quantitative estimate of drug-likeness (QED) is 0.154. The molecule has 0 bridgehead atoms. The van der Waals surface area contributed by atoms with E-state index in [4.69, 9.17) is 10.2 Å². The number of ketones is 2. The average molecular weight is 446 g/mol. The SMILES string of the molecule is O=C1c2c(O)ccc(NCCNCCO)c2C(=O)c2c(NCCNCCO)ccc(F)c21. The monoisotopic (exact) mass is 446 g/mol. The second-order valence-electron chi connectivity index (χ2n) is 7.19. The first kappa shape index (κ1) is 23.6. The van der Waals surface area contributed by atoms with Crippen molar-refractivity contribution in [3.05, 3.63) is 52.3 Å². The lowest BCUT2D eigenvalue weighted by molar-refractivity contribution is 0.0974. The number of carbonyl (C=O) groups is 2. The summed E-state index contributed by atoms with van der Waals surface area (Å²) in [5.41, 5.74) is 0.000290. The van der Waals surface area contributed by atoms with Crippen LogP contribution in [0.25, 0.3) is 0 Å². The second-order valence-corrected chi connectivity index (χ2v) is 7.19. The van der Waals surface area contributed by atoms with Gasteiger partial charge in [-0.05, 0) is 24.3 Å². The number of aliphatic hydroxyl groups is 2. The molecule has 172 valence electrons. The third-order valence-corrected chi connectivity index (χ3v) is 5.06. The number of hydrogen-bond donors (Lipinski definition) is 7. The predicted octanol–water partition coefficient (Wildman–Crippen LogP) is 0.294. The summed E-state index contributed by atoms with van der Waals surface area (Å²) in [4.78, 5) is 26.6. The van der Waals surface area contributed by atoms with E-state index in [1.807, 2.05) is 0 Å². The fourth-order valence-electron chi connectivity index (χ4n) is 3.62. The number of nitrogens with one attached hydrogen (secondary N) is 4. The van der Waals surface area contributed by atoms with Crippen molar-refractivity contribution in [2.45, 2.75) is 0 Å². The van der Waals surface area contributed by atoms with Crippen molar-refractivity contribution < 1.29 is 29.3 Å². The molecule has 0 heterocycles. The van der Waals surface area contributed by atoms with Crippen molar-refractivity contribution in [3.8, 4) is 5.75 Å². The molecule has 0 saturated carbocycles. The lowest BCUT2D eigenvalue weighted by Gasteiger charge is -2.24. The molecule has 0 atom stereocenters. The summed E-state index contributed by atoms with van der Waals surface area (Å²) in [6, 6.07) is 5.32.